The summed E-state index contributed by atoms with van der Waals surface area (Å²) in [6.07, 6.45) is 0. The molecule has 4 nitrogen and oxygen atoms in total. The van der Waals surface area contributed by atoms with E-state index < -0.39 is 5.41 Å². The molecule has 0 amide bonds. The Morgan fingerprint density at radius 1 is 0.361 bits per heavy atom. The van der Waals surface area contributed by atoms with Gasteiger partial charge < -0.3 is 9.47 Å². The number of nitrogens with zero attached hydrogens (tertiary/aromatic N) is 2. The molecule has 9 aromatic carbocycles. The molecule has 12 rings (SSSR count). The van der Waals surface area contributed by atoms with Crippen LogP contribution >= 0.6 is 0 Å². The summed E-state index contributed by atoms with van der Waals surface area (Å²) in [5, 5.41) is 2.33. The molecule has 61 heavy (non-hydrogen) atoms. The molecule has 10 aromatic rings. The fraction of sp³-hybridized carbons (Fsp3) is 0.0175. The number of aromatic nitrogens is 2. The van der Waals surface area contributed by atoms with Gasteiger partial charge in [-0.3, -0.25) is 0 Å². The third-order valence-corrected chi connectivity index (χ3v) is 12.3. The lowest BCUT2D eigenvalue weighted by molar-refractivity contribution is 0.361. The van der Waals surface area contributed by atoms with Crippen molar-refractivity contribution in [2.75, 3.05) is 0 Å². The molecule has 4 heteroatoms. The lowest BCUT2D eigenvalue weighted by atomic mass is 9.68. The van der Waals surface area contributed by atoms with E-state index >= 15 is 0 Å². The van der Waals surface area contributed by atoms with Crippen LogP contribution < -0.4 is 9.47 Å². The van der Waals surface area contributed by atoms with E-state index in [9.17, 15) is 0 Å². The maximum Gasteiger partial charge on any atom is 0.178 e. The average Bonchev–Trinajstić information content (AvgIpc) is 3.65. The highest BCUT2D eigenvalue weighted by Gasteiger charge is 2.48. The summed E-state index contributed by atoms with van der Waals surface area (Å²) >= 11 is 0. The van der Waals surface area contributed by atoms with Gasteiger partial charge in [-0.1, -0.05) is 200 Å². The molecule has 2 heterocycles. The van der Waals surface area contributed by atoms with Gasteiger partial charge in [-0.15, -0.1) is 0 Å². The zero-order chi connectivity index (χ0) is 40.3. The van der Waals surface area contributed by atoms with E-state index in [1.807, 2.05) is 30.3 Å². The van der Waals surface area contributed by atoms with E-state index in [4.69, 9.17) is 19.4 Å². The first kappa shape index (κ1) is 34.9. The number of hydrogen-bond acceptors (Lipinski definition) is 4. The Morgan fingerprint density at radius 2 is 0.934 bits per heavy atom. The van der Waals surface area contributed by atoms with Crippen LogP contribution in [0, 0.1) is 0 Å². The van der Waals surface area contributed by atoms with Crippen molar-refractivity contribution in [3.8, 4) is 79.2 Å². The van der Waals surface area contributed by atoms with E-state index in [-0.39, 0.29) is 0 Å². The fourth-order valence-electron chi connectivity index (χ4n) is 9.53. The van der Waals surface area contributed by atoms with Gasteiger partial charge >= 0.3 is 0 Å². The molecule has 0 unspecified atom stereocenters. The van der Waals surface area contributed by atoms with Gasteiger partial charge in [-0.2, -0.15) is 0 Å². The summed E-state index contributed by atoms with van der Waals surface area (Å²) in [5.41, 5.74) is 13.2. The number of benzene rings is 9. The van der Waals surface area contributed by atoms with Crippen molar-refractivity contribution in [2.24, 2.45) is 0 Å². The molecule has 0 bridgehead atoms. The number of rotatable bonds is 6. The maximum absolute atomic E-state index is 6.99. The van der Waals surface area contributed by atoms with Crippen molar-refractivity contribution < 1.29 is 9.47 Å². The largest absolute Gasteiger partial charge is 0.449 e. The second-order valence-electron chi connectivity index (χ2n) is 15.6. The highest BCUT2D eigenvalue weighted by molar-refractivity contribution is 5.97. The Kier molecular flexibility index (Phi) is 8.04. The molecule has 0 saturated carbocycles. The van der Waals surface area contributed by atoms with Gasteiger partial charge in [0.2, 0.25) is 0 Å². The molecule has 0 saturated heterocycles. The molecule has 1 aliphatic heterocycles. The lowest BCUT2D eigenvalue weighted by Crippen LogP contribution is -2.28. The van der Waals surface area contributed by atoms with Crippen LogP contribution in [0.1, 0.15) is 22.3 Å². The first-order valence-electron chi connectivity index (χ1n) is 20.6. The summed E-state index contributed by atoms with van der Waals surface area (Å²) in [6.45, 7) is 0. The van der Waals surface area contributed by atoms with Crippen LogP contribution in [-0.4, -0.2) is 9.97 Å². The van der Waals surface area contributed by atoms with Crippen molar-refractivity contribution in [3.63, 3.8) is 0 Å². The zero-order valence-electron chi connectivity index (χ0n) is 33.0. The minimum absolute atomic E-state index is 0.531. The summed E-state index contributed by atoms with van der Waals surface area (Å²) in [5.74, 6) is 3.45. The second-order valence-corrected chi connectivity index (χ2v) is 15.6. The van der Waals surface area contributed by atoms with Crippen LogP contribution in [0.3, 0.4) is 0 Å². The van der Waals surface area contributed by atoms with E-state index in [1.54, 1.807) is 0 Å². The Balaban J connectivity index is 0.940. The molecular weight excluding hydrogens is 745 g/mol. The molecule has 2 aliphatic rings. The van der Waals surface area contributed by atoms with Crippen molar-refractivity contribution >= 4 is 10.8 Å². The third kappa shape index (κ3) is 5.53. The molecule has 0 fully saturated rings. The third-order valence-electron chi connectivity index (χ3n) is 12.3. The lowest BCUT2D eigenvalue weighted by Gasteiger charge is -2.34. The highest BCUT2D eigenvalue weighted by Crippen LogP contribution is 2.62. The van der Waals surface area contributed by atoms with Crippen molar-refractivity contribution in [3.05, 3.63) is 241 Å². The first-order chi connectivity index (χ1) is 30.2. The Hall–Kier alpha value is -8.08. The molecule has 0 radical (unpaired) electrons. The van der Waals surface area contributed by atoms with E-state index in [1.165, 1.54) is 27.6 Å². The van der Waals surface area contributed by atoms with Gasteiger partial charge in [0.05, 0.1) is 16.8 Å². The van der Waals surface area contributed by atoms with Crippen LogP contribution in [0.15, 0.2) is 218 Å². The second kappa shape index (κ2) is 14.0. The molecule has 1 aromatic heterocycles. The van der Waals surface area contributed by atoms with E-state index in [2.05, 4.69) is 188 Å². The molecule has 1 aliphatic carbocycles. The molecule has 286 valence electrons. The monoisotopic (exact) mass is 780 g/mol. The maximum atomic E-state index is 6.99. The van der Waals surface area contributed by atoms with Crippen LogP contribution in [0.5, 0.6) is 23.0 Å². The zero-order valence-corrected chi connectivity index (χ0v) is 33.0. The predicted octanol–water partition coefficient (Wildman–Crippen LogP) is 14.6. The summed E-state index contributed by atoms with van der Waals surface area (Å²) in [7, 11) is 0. The molecular formula is C57H36N2O2. The average molecular weight is 781 g/mol. The van der Waals surface area contributed by atoms with Gasteiger partial charge in [0.25, 0.3) is 0 Å². The van der Waals surface area contributed by atoms with Gasteiger partial charge in [-0.05, 0) is 62.4 Å². The summed E-state index contributed by atoms with van der Waals surface area (Å²) in [6, 6.07) is 76.4. The SMILES string of the molecule is c1ccc(-c2cc(-c3cccc4ccccc34)nc(-c3ccc(-c4cccc5c4Oc4ccc6c(c4O5)-c4ccccc4C6(c4ccccc4)c4ccccc4)cc3)n2)cc1. The topological polar surface area (TPSA) is 44.2 Å². The molecule has 0 atom stereocenters. The minimum atomic E-state index is -0.531. The van der Waals surface area contributed by atoms with Crippen LogP contribution in [0.4, 0.5) is 0 Å². The fourth-order valence-corrected chi connectivity index (χ4v) is 9.53. The smallest absolute Gasteiger partial charge is 0.178 e. The summed E-state index contributed by atoms with van der Waals surface area (Å²) < 4.78 is 13.9. The minimum Gasteiger partial charge on any atom is -0.449 e. The standard InChI is InChI=1S/C57H36N2O2/c1-4-17-39(18-5-1)49-36-50(45-27-14-19-37-16-10-11-24-43(37)45)59-56(58-49)40-32-30-38(31-33-40)44-26-15-29-51-54(44)60-52-35-34-48-53(55(52)61-51)46-25-12-13-28-47(46)57(48,41-20-6-2-7-21-41)42-22-8-3-9-23-42/h1-36H. The number of ether oxygens (including phenoxy) is 2. The van der Waals surface area contributed by atoms with Crippen molar-refractivity contribution in [1.82, 2.24) is 9.97 Å². The van der Waals surface area contributed by atoms with Gasteiger partial charge in [0.15, 0.2) is 28.8 Å². The highest BCUT2D eigenvalue weighted by atomic mass is 16.6. The number of fused-ring (bicyclic) bond motifs is 7. The van der Waals surface area contributed by atoms with E-state index in [0.717, 1.165) is 61.5 Å². The van der Waals surface area contributed by atoms with Gasteiger partial charge in [0, 0.05) is 27.8 Å². The van der Waals surface area contributed by atoms with Crippen molar-refractivity contribution in [1.29, 1.82) is 0 Å². The number of hydrogen-bond donors (Lipinski definition) is 0. The van der Waals surface area contributed by atoms with Gasteiger partial charge in [-0.25, -0.2) is 9.97 Å². The molecule has 0 N–H and O–H groups in total. The Morgan fingerprint density at radius 3 is 1.72 bits per heavy atom. The van der Waals surface area contributed by atoms with E-state index in [0.29, 0.717) is 23.1 Å². The van der Waals surface area contributed by atoms with Crippen LogP contribution in [0.2, 0.25) is 0 Å². The first-order valence-corrected chi connectivity index (χ1v) is 20.6. The molecule has 0 spiro atoms. The van der Waals surface area contributed by atoms with Crippen molar-refractivity contribution in [2.45, 2.75) is 5.41 Å². The normalized spacial score (nSPS) is 13.0. The predicted molar refractivity (Wildman–Crippen MR) is 245 cm³/mol. The Bertz CT molecular complexity index is 3250. The van der Waals surface area contributed by atoms with Crippen LogP contribution in [0.25, 0.3) is 66.9 Å². The Labute approximate surface area is 354 Å². The number of para-hydroxylation sites is 1. The summed E-state index contributed by atoms with van der Waals surface area (Å²) in [4.78, 5) is 10.3. The quantitative estimate of drug-likeness (QED) is 0.169. The van der Waals surface area contributed by atoms with Gasteiger partial charge in [0.1, 0.15) is 0 Å². The van der Waals surface area contributed by atoms with Crippen LogP contribution in [-0.2, 0) is 5.41 Å².